The molecule has 0 radical (unpaired) electrons. The molecule has 72 valence electrons. The van der Waals surface area contributed by atoms with Gasteiger partial charge in [0.1, 0.15) is 0 Å². The molecule has 0 atom stereocenters. The van der Waals surface area contributed by atoms with Gasteiger partial charge in [-0.1, -0.05) is 47.5 Å². The molecule has 14 heavy (non-hydrogen) atoms. The highest BCUT2D eigenvalue weighted by Gasteiger charge is 2.07. The van der Waals surface area contributed by atoms with Crippen LogP contribution in [0, 0.1) is 0 Å². The summed E-state index contributed by atoms with van der Waals surface area (Å²) >= 11 is 12.0. The zero-order valence-electron chi connectivity index (χ0n) is 7.63. The van der Waals surface area contributed by atoms with E-state index in [1.807, 2.05) is 12.1 Å². The smallest absolute Gasteiger partial charge is 0.0495 e. The number of halogens is 2. The SMILES string of the molecule is Clc1ccc(C2=CC=CCC2)c(Cl)c1. The summed E-state index contributed by atoms with van der Waals surface area (Å²) in [6.45, 7) is 0. The lowest BCUT2D eigenvalue weighted by Gasteiger charge is -2.10. The quantitative estimate of drug-likeness (QED) is 0.648. The van der Waals surface area contributed by atoms with Gasteiger partial charge in [-0.2, -0.15) is 0 Å². The van der Waals surface area contributed by atoms with Crippen molar-refractivity contribution in [3.8, 4) is 0 Å². The van der Waals surface area contributed by atoms with E-state index in [2.05, 4.69) is 18.2 Å². The van der Waals surface area contributed by atoms with Gasteiger partial charge in [0.05, 0.1) is 0 Å². The highest BCUT2D eigenvalue weighted by molar-refractivity contribution is 6.35. The van der Waals surface area contributed by atoms with Gasteiger partial charge in [0.15, 0.2) is 0 Å². The minimum atomic E-state index is 0.686. The molecule has 2 rings (SSSR count). The van der Waals surface area contributed by atoms with E-state index in [4.69, 9.17) is 23.2 Å². The summed E-state index contributed by atoms with van der Waals surface area (Å²) in [5, 5.41) is 1.42. The molecule has 0 nitrogen and oxygen atoms in total. The largest absolute Gasteiger partial charge is 0.0843 e. The summed E-state index contributed by atoms with van der Waals surface area (Å²) in [5.74, 6) is 0. The Bertz CT molecular complexity index is 403. The Labute approximate surface area is 93.8 Å². The molecule has 1 aliphatic carbocycles. The van der Waals surface area contributed by atoms with Gasteiger partial charge in [0, 0.05) is 10.0 Å². The minimum Gasteiger partial charge on any atom is -0.0843 e. The first-order valence-electron chi connectivity index (χ1n) is 4.58. The van der Waals surface area contributed by atoms with Gasteiger partial charge >= 0.3 is 0 Å². The van der Waals surface area contributed by atoms with Gasteiger partial charge in [-0.15, -0.1) is 0 Å². The van der Waals surface area contributed by atoms with Crippen LogP contribution in [0.25, 0.3) is 5.57 Å². The van der Waals surface area contributed by atoms with Crippen LogP contribution in [0.1, 0.15) is 18.4 Å². The Morgan fingerprint density at radius 2 is 2.00 bits per heavy atom. The molecule has 1 aliphatic rings. The number of hydrogen-bond donors (Lipinski definition) is 0. The van der Waals surface area contributed by atoms with E-state index in [0.717, 1.165) is 23.4 Å². The monoisotopic (exact) mass is 224 g/mol. The number of benzene rings is 1. The Morgan fingerprint density at radius 1 is 1.14 bits per heavy atom. The van der Waals surface area contributed by atoms with Crippen molar-refractivity contribution in [2.45, 2.75) is 12.8 Å². The summed E-state index contributed by atoms with van der Waals surface area (Å²) in [7, 11) is 0. The van der Waals surface area contributed by atoms with Crippen LogP contribution in [0.5, 0.6) is 0 Å². The van der Waals surface area contributed by atoms with Crippen molar-refractivity contribution in [1.82, 2.24) is 0 Å². The summed E-state index contributed by atoms with van der Waals surface area (Å²) in [5.41, 5.74) is 2.38. The number of rotatable bonds is 1. The van der Waals surface area contributed by atoms with Crippen LogP contribution >= 0.6 is 23.2 Å². The first-order valence-corrected chi connectivity index (χ1v) is 5.34. The lowest BCUT2D eigenvalue weighted by atomic mass is 9.97. The van der Waals surface area contributed by atoms with Crippen LogP contribution in [0.4, 0.5) is 0 Å². The number of allylic oxidation sites excluding steroid dienone is 4. The van der Waals surface area contributed by atoms with Gasteiger partial charge in [-0.3, -0.25) is 0 Å². The van der Waals surface area contributed by atoms with E-state index in [1.54, 1.807) is 6.07 Å². The van der Waals surface area contributed by atoms with Gasteiger partial charge in [-0.25, -0.2) is 0 Å². The predicted molar refractivity (Wildman–Crippen MR) is 62.8 cm³/mol. The van der Waals surface area contributed by atoms with E-state index in [-0.39, 0.29) is 0 Å². The molecular weight excluding hydrogens is 215 g/mol. The fourth-order valence-electron chi connectivity index (χ4n) is 1.58. The van der Waals surface area contributed by atoms with Crippen molar-refractivity contribution in [2.75, 3.05) is 0 Å². The third kappa shape index (κ3) is 2.02. The predicted octanol–water partition coefficient (Wildman–Crippen LogP) is 4.73. The third-order valence-corrected chi connectivity index (χ3v) is 2.84. The summed E-state index contributed by atoms with van der Waals surface area (Å²) in [6, 6.07) is 5.65. The maximum Gasteiger partial charge on any atom is 0.0495 e. The van der Waals surface area contributed by atoms with Crippen molar-refractivity contribution < 1.29 is 0 Å². The zero-order chi connectivity index (χ0) is 9.97. The van der Waals surface area contributed by atoms with Crippen LogP contribution in [-0.2, 0) is 0 Å². The first-order chi connectivity index (χ1) is 6.77. The van der Waals surface area contributed by atoms with Crippen LogP contribution in [0.2, 0.25) is 10.0 Å². The molecule has 0 spiro atoms. The number of hydrogen-bond acceptors (Lipinski definition) is 0. The second kappa shape index (κ2) is 4.20. The molecule has 1 aromatic carbocycles. The molecule has 0 fully saturated rings. The van der Waals surface area contributed by atoms with Crippen molar-refractivity contribution >= 4 is 28.8 Å². The lowest BCUT2D eigenvalue weighted by Crippen LogP contribution is -1.88. The maximum atomic E-state index is 6.11. The Morgan fingerprint density at radius 3 is 2.64 bits per heavy atom. The zero-order valence-corrected chi connectivity index (χ0v) is 9.15. The van der Waals surface area contributed by atoms with E-state index in [9.17, 15) is 0 Å². The molecule has 0 saturated carbocycles. The van der Waals surface area contributed by atoms with Crippen LogP contribution < -0.4 is 0 Å². The topological polar surface area (TPSA) is 0 Å². The van der Waals surface area contributed by atoms with E-state index in [1.165, 1.54) is 5.57 Å². The molecule has 0 saturated heterocycles. The molecule has 1 aromatic rings. The fraction of sp³-hybridized carbons (Fsp3) is 0.167. The molecule has 0 heterocycles. The van der Waals surface area contributed by atoms with Crippen LogP contribution in [0.15, 0.2) is 36.4 Å². The first kappa shape index (κ1) is 9.82. The molecule has 0 N–H and O–H groups in total. The van der Waals surface area contributed by atoms with Crippen molar-refractivity contribution in [3.63, 3.8) is 0 Å². The third-order valence-electron chi connectivity index (χ3n) is 2.29. The van der Waals surface area contributed by atoms with E-state index < -0.39 is 0 Å². The fourth-order valence-corrected chi connectivity index (χ4v) is 2.11. The molecular formula is C12H10Cl2. The highest BCUT2D eigenvalue weighted by atomic mass is 35.5. The second-order valence-electron chi connectivity index (χ2n) is 3.28. The van der Waals surface area contributed by atoms with Gasteiger partial charge < -0.3 is 0 Å². The van der Waals surface area contributed by atoms with E-state index >= 15 is 0 Å². The molecule has 0 aliphatic heterocycles. The lowest BCUT2D eigenvalue weighted by molar-refractivity contribution is 1.05. The summed E-state index contributed by atoms with van der Waals surface area (Å²) < 4.78 is 0. The van der Waals surface area contributed by atoms with Crippen LogP contribution in [-0.4, -0.2) is 0 Å². The molecule has 0 bridgehead atoms. The van der Waals surface area contributed by atoms with E-state index in [0.29, 0.717) is 5.02 Å². The molecule has 0 aromatic heterocycles. The average molecular weight is 225 g/mol. The molecule has 2 heteroatoms. The summed E-state index contributed by atoms with van der Waals surface area (Å²) in [6.07, 6.45) is 8.48. The highest BCUT2D eigenvalue weighted by Crippen LogP contribution is 2.31. The van der Waals surface area contributed by atoms with Gasteiger partial charge in [-0.05, 0) is 36.1 Å². The van der Waals surface area contributed by atoms with Crippen LogP contribution in [0.3, 0.4) is 0 Å². The van der Waals surface area contributed by atoms with Gasteiger partial charge in [0.25, 0.3) is 0 Å². The molecule has 0 unspecified atom stereocenters. The summed E-state index contributed by atoms with van der Waals surface area (Å²) in [4.78, 5) is 0. The van der Waals surface area contributed by atoms with Crippen molar-refractivity contribution in [1.29, 1.82) is 0 Å². The Balaban J connectivity index is 2.41. The average Bonchev–Trinajstić information content (AvgIpc) is 2.19. The van der Waals surface area contributed by atoms with Crippen molar-refractivity contribution in [3.05, 3.63) is 52.0 Å². The maximum absolute atomic E-state index is 6.11. The second-order valence-corrected chi connectivity index (χ2v) is 4.13. The standard InChI is InChI=1S/C12H10Cl2/c13-10-6-7-11(12(14)8-10)9-4-2-1-3-5-9/h1-2,4,6-8H,3,5H2. The van der Waals surface area contributed by atoms with Gasteiger partial charge in [0.2, 0.25) is 0 Å². The minimum absolute atomic E-state index is 0.686. The Kier molecular flexibility index (Phi) is 2.95. The Hall–Kier alpha value is -0.720. The molecule has 0 amide bonds. The normalized spacial score (nSPS) is 15.4. The van der Waals surface area contributed by atoms with Crippen molar-refractivity contribution in [2.24, 2.45) is 0 Å².